The Kier molecular flexibility index (Phi) is 8.23. The summed E-state index contributed by atoms with van der Waals surface area (Å²) in [6, 6.07) is 13.9. The second kappa shape index (κ2) is 11.2. The number of hydrogen-bond donors (Lipinski definition) is 4. The summed E-state index contributed by atoms with van der Waals surface area (Å²) >= 11 is 1.03. The normalized spacial score (nSPS) is 11.9. The Labute approximate surface area is 212 Å². The van der Waals surface area contributed by atoms with E-state index in [1.165, 1.54) is 31.2 Å². The van der Waals surface area contributed by atoms with E-state index in [2.05, 4.69) is 10.6 Å². The standard InChI is InChI=1S/C25H19F3N2O6S/c1-13(21(31)30-20-8-3-2-7-19(20)25(26,27)28)37-16-6-4-5-15(12-16)29-22(32)17-10-9-14(23(33)34)11-18(17)24(35)36/h2-13H,1H3,(H,29,32)(H,30,31)(H,33,34)(H,35,36). The Hall–Kier alpha value is -4.32. The molecule has 192 valence electrons. The molecule has 0 saturated carbocycles. The molecule has 0 fully saturated rings. The number of hydrogen-bond acceptors (Lipinski definition) is 5. The van der Waals surface area contributed by atoms with E-state index in [0.717, 1.165) is 42.1 Å². The van der Waals surface area contributed by atoms with Crippen molar-refractivity contribution in [3.05, 3.63) is 89.0 Å². The summed E-state index contributed by atoms with van der Waals surface area (Å²) in [5.41, 5.74) is -2.13. The first kappa shape index (κ1) is 27.3. The van der Waals surface area contributed by atoms with Gasteiger partial charge in [0.15, 0.2) is 0 Å². The molecule has 0 aliphatic carbocycles. The first-order valence-corrected chi connectivity index (χ1v) is 11.4. The lowest BCUT2D eigenvalue weighted by Gasteiger charge is -2.16. The van der Waals surface area contributed by atoms with Gasteiger partial charge in [-0.2, -0.15) is 13.2 Å². The van der Waals surface area contributed by atoms with Crippen molar-refractivity contribution in [2.24, 2.45) is 0 Å². The van der Waals surface area contributed by atoms with Crippen LogP contribution in [0.25, 0.3) is 0 Å². The zero-order valence-corrected chi connectivity index (χ0v) is 19.8. The van der Waals surface area contributed by atoms with Gasteiger partial charge in [-0.05, 0) is 55.5 Å². The van der Waals surface area contributed by atoms with Crippen LogP contribution in [0.5, 0.6) is 0 Å². The molecule has 2 amide bonds. The van der Waals surface area contributed by atoms with Crippen LogP contribution in [0.4, 0.5) is 24.5 Å². The fraction of sp³-hybridized carbons (Fsp3) is 0.120. The minimum Gasteiger partial charge on any atom is -0.478 e. The van der Waals surface area contributed by atoms with Gasteiger partial charge < -0.3 is 20.8 Å². The molecular weight excluding hydrogens is 513 g/mol. The molecule has 0 aromatic heterocycles. The maximum Gasteiger partial charge on any atom is 0.418 e. The van der Waals surface area contributed by atoms with Crippen LogP contribution in [0, 0.1) is 0 Å². The van der Waals surface area contributed by atoms with Crippen molar-refractivity contribution in [3.8, 4) is 0 Å². The Bertz CT molecular complexity index is 1380. The van der Waals surface area contributed by atoms with Crippen LogP contribution in [0.15, 0.2) is 71.6 Å². The van der Waals surface area contributed by atoms with Crippen molar-refractivity contribution in [2.45, 2.75) is 23.2 Å². The Morgan fingerprint density at radius 1 is 0.838 bits per heavy atom. The zero-order valence-electron chi connectivity index (χ0n) is 19.0. The number of thioether (sulfide) groups is 1. The van der Waals surface area contributed by atoms with E-state index in [4.69, 9.17) is 5.11 Å². The van der Waals surface area contributed by atoms with Crippen LogP contribution in [-0.2, 0) is 11.0 Å². The number of rotatable bonds is 8. The molecule has 0 aliphatic heterocycles. The Morgan fingerprint density at radius 2 is 1.54 bits per heavy atom. The van der Waals surface area contributed by atoms with E-state index >= 15 is 0 Å². The van der Waals surface area contributed by atoms with Crippen LogP contribution in [0.2, 0.25) is 0 Å². The van der Waals surface area contributed by atoms with E-state index in [1.54, 1.807) is 12.1 Å². The van der Waals surface area contributed by atoms with Gasteiger partial charge in [0.1, 0.15) is 0 Å². The number of carbonyl (C=O) groups excluding carboxylic acids is 2. The van der Waals surface area contributed by atoms with Gasteiger partial charge in [-0.15, -0.1) is 11.8 Å². The molecule has 1 atom stereocenters. The van der Waals surface area contributed by atoms with Crippen molar-refractivity contribution >= 4 is 46.9 Å². The highest BCUT2D eigenvalue weighted by molar-refractivity contribution is 8.00. The highest BCUT2D eigenvalue weighted by Crippen LogP contribution is 2.35. The van der Waals surface area contributed by atoms with E-state index in [0.29, 0.717) is 4.90 Å². The molecule has 3 rings (SSSR count). The molecule has 12 heteroatoms. The predicted molar refractivity (Wildman–Crippen MR) is 130 cm³/mol. The van der Waals surface area contributed by atoms with E-state index in [9.17, 15) is 37.5 Å². The first-order chi connectivity index (χ1) is 17.4. The van der Waals surface area contributed by atoms with E-state index < -0.39 is 46.3 Å². The average Bonchev–Trinajstić information content (AvgIpc) is 2.83. The topological polar surface area (TPSA) is 133 Å². The van der Waals surface area contributed by atoms with Gasteiger partial charge in [-0.3, -0.25) is 9.59 Å². The maximum absolute atomic E-state index is 13.2. The molecule has 3 aromatic rings. The molecule has 4 N–H and O–H groups in total. The highest BCUT2D eigenvalue weighted by Gasteiger charge is 2.34. The third kappa shape index (κ3) is 6.88. The monoisotopic (exact) mass is 532 g/mol. The average molecular weight is 532 g/mol. The number of carboxylic acids is 2. The van der Waals surface area contributed by atoms with E-state index in [-0.39, 0.29) is 22.5 Å². The molecule has 8 nitrogen and oxygen atoms in total. The number of aromatic carboxylic acids is 2. The number of carbonyl (C=O) groups is 4. The van der Waals surface area contributed by atoms with Crippen molar-refractivity contribution in [1.82, 2.24) is 0 Å². The molecule has 0 saturated heterocycles. The SMILES string of the molecule is CC(Sc1cccc(NC(=O)c2ccc(C(=O)O)cc2C(=O)O)c1)C(=O)Nc1ccccc1C(F)(F)F. The Balaban J connectivity index is 1.72. The van der Waals surface area contributed by atoms with Gasteiger partial charge in [0.05, 0.1) is 33.2 Å². The third-order valence-electron chi connectivity index (χ3n) is 5.01. The molecule has 3 aromatic carbocycles. The highest BCUT2D eigenvalue weighted by atomic mass is 32.2. The van der Waals surface area contributed by atoms with Crippen LogP contribution in [0.1, 0.15) is 43.6 Å². The summed E-state index contributed by atoms with van der Waals surface area (Å²) in [4.78, 5) is 48.4. The summed E-state index contributed by atoms with van der Waals surface area (Å²) in [5.74, 6) is -4.30. The number of amides is 2. The maximum atomic E-state index is 13.2. The van der Waals surface area contributed by atoms with Gasteiger partial charge in [-0.1, -0.05) is 18.2 Å². The molecule has 0 radical (unpaired) electrons. The van der Waals surface area contributed by atoms with Crippen LogP contribution >= 0.6 is 11.8 Å². The number of halogens is 3. The summed E-state index contributed by atoms with van der Waals surface area (Å²) in [6.07, 6.45) is -4.64. The van der Waals surface area contributed by atoms with Gasteiger partial charge in [-0.25, -0.2) is 9.59 Å². The van der Waals surface area contributed by atoms with Crippen LogP contribution in [-0.4, -0.2) is 39.2 Å². The number of anilines is 2. The number of carboxylic acid groups (broad SMARTS) is 2. The molecule has 0 aliphatic rings. The number of alkyl halides is 3. The number of benzene rings is 3. The Morgan fingerprint density at radius 3 is 2.19 bits per heavy atom. The smallest absolute Gasteiger partial charge is 0.418 e. The fourth-order valence-corrected chi connectivity index (χ4v) is 4.16. The molecular formula is C25H19F3N2O6S. The summed E-state index contributed by atoms with van der Waals surface area (Å²) < 4.78 is 39.6. The lowest BCUT2D eigenvalue weighted by Crippen LogP contribution is -2.24. The minimum absolute atomic E-state index is 0.253. The van der Waals surface area contributed by atoms with E-state index in [1.807, 2.05) is 0 Å². The number of para-hydroxylation sites is 1. The second-order valence-corrected chi connectivity index (χ2v) is 9.06. The van der Waals surface area contributed by atoms with Crippen molar-refractivity contribution in [3.63, 3.8) is 0 Å². The van der Waals surface area contributed by atoms with Crippen molar-refractivity contribution in [2.75, 3.05) is 10.6 Å². The molecule has 0 heterocycles. The van der Waals surface area contributed by atoms with Crippen LogP contribution < -0.4 is 10.6 Å². The van der Waals surface area contributed by atoms with Gasteiger partial charge >= 0.3 is 18.1 Å². The minimum atomic E-state index is -4.64. The summed E-state index contributed by atoms with van der Waals surface area (Å²) in [7, 11) is 0. The molecule has 0 spiro atoms. The predicted octanol–water partition coefficient (Wildman–Crippen LogP) is 5.47. The first-order valence-electron chi connectivity index (χ1n) is 10.5. The largest absolute Gasteiger partial charge is 0.478 e. The van der Waals surface area contributed by atoms with Gasteiger partial charge in [0.2, 0.25) is 5.91 Å². The quantitative estimate of drug-likeness (QED) is 0.283. The summed E-state index contributed by atoms with van der Waals surface area (Å²) in [5, 5.41) is 22.4. The molecule has 1 unspecified atom stereocenters. The lowest BCUT2D eigenvalue weighted by molar-refractivity contribution is -0.137. The van der Waals surface area contributed by atoms with Gasteiger partial charge in [0.25, 0.3) is 5.91 Å². The van der Waals surface area contributed by atoms with Crippen molar-refractivity contribution in [1.29, 1.82) is 0 Å². The second-order valence-electron chi connectivity index (χ2n) is 7.65. The lowest BCUT2D eigenvalue weighted by atomic mass is 10.0. The molecule has 37 heavy (non-hydrogen) atoms. The summed E-state index contributed by atoms with van der Waals surface area (Å²) in [6.45, 7) is 1.50. The van der Waals surface area contributed by atoms with Crippen molar-refractivity contribution < 1.29 is 42.6 Å². The van der Waals surface area contributed by atoms with Gasteiger partial charge in [0, 0.05) is 10.6 Å². The number of nitrogens with one attached hydrogen (secondary N) is 2. The molecule has 0 bridgehead atoms. The third-order valence-corrected chi connectivity index (χ3v) is 6.10. The fourth-order valence-electron chi connectivity index (χ4n) is 3.23. The van der Waals surface area contributed by atoms with Crippen LogP contribution in [0.3, 0.4) is 0 Å². The zero-order chi connectivity index (χ0) is 27.3.